The topological polar surface area (TPSA) is 13.1 Å². The molecule has 0 saturated heterocycles. The Bertz CT molecular complexity index is 3970. The van der Waals surface area contributed by atoms with Crippen molar-refractivity contribution in [1.82, 2.24) is 0 Å². The van der Waals surface area contributed by atoms with Gasteiger partial charge < -0.3 is 4.42 Å². The summed E-state index contributed by atoms with van der Waals surface area (Å²) in [6, 6.07) is 18.7. The van der Waals surface area contributed by atoms with Gasteiger partial charge in [0, 0.05) is 10.8 Å². The van der Waals surface area contributed by atoms with Gasteiger partial charge in [0.15, 0.2) is 0 Å². The van der Waals surface area contributed by atoms with Crippen LogP contribution in [-0.2, 0) is 0 Å². The minimum absolute atomic E-state index is 0.0334. The second-order valence-electron chi connectivity index (χ2n) is 12.4. The maximum absolute atomic E-state index is 9.53. The van der Waals surface area contributed by atoms with Crippen molar-refractivity contribution in [2.24, 2.45) is 0 Å². The minimum Gasteiger partial charge on any atom is -0.456 e. The van der Waals surface area contributed by atoms with Crippen LogP contribution in [0.4, 0.5) is 0 Å². The van der Waals surface area contributed by atoms with Crippen LogP contribution in [0.5, 0.6) is 0 Å². The molecule has 236 valence electrons. The minimum atomic E-state index is -0.759. The van der Waals surface area contributed by atoms with Gasteiger partial charge in [-0.05, 0) is 105 Å². The Morgan fingerprint density at radius 1 is 0.353 bits per heavy atom. The lowest BCUT2D eigenvalue weighted by molar-refractivity contribution is 0.669. The van der Waals surface area contributed by atoms with Gasteiger partial charge in [-0.15, -0.1) is 0 Å². The average Bonchev–Trinajstić information content (AvgIpc) is 3.71. The Kier molecular flexibility index (Phi) is 3.70. The molecule has 0 fully saturated rings. The molecule has 51 heavy (non-hydrogen) atoms. The summed E-state index contributed by atoms with van der Waals surface area (Å²) in [5, 5.41) is 3.51. The first kappa shape index (κ1) is 17.3. The summed E-state index contributed by atoms with van der Waals surface area (Å²) in [5.41, 5.74) is 2.55. The summed E-state index contributed by atoms with van der Waals surface area (Å²) in [4.78, 5) is 0. The van der Waals surface area contributed by atoms with Crippen LogP contribution in [0, 0.1) is 0 Å². The van der Waals surface area contributed by atoms with Crippen LogP contribution in [0.3, 0.4) is 0 Å². The molecule has 11 aromatic rings. The van der Waals surface area contributed by atoms with Crippen LogP contribution in [0.15, 0.2) is 186 Å². The van der Waals surface area contributed by atoms with Crippen LogP contribution in [0.25, 0.3) is 109 Å². The number of hydrogen-bond donors (Lipinski definition) is 0. The van der Waals surface area contributed by atoms with Crippen LogP contribution in [0.2, 0.25) is 0 Å². The molecule has 0 unspecified atom stereocenters. The Hall–Kier alpha value is -6.70. The number of furan rings is 1. The molecule has 1 heteroatoms. The van der Waals surface area contributed by atoms with Gasteiger partial charge in [0.2, 0.25) is 0 Å². The molecule has 1 aromatic heterocycles. The van der Waals surface area contributed by atoms with Gasteiger partial charge in [0.1, 0.15) is 11.2 Å². The molecule has 1 nitrogen and oxygen atoms in total. The molecule has 0 atom stereocenters. The first-order valence-corrected chi connectivity index (χ1v) is 16.4. The number of rotatable bonds is 3. The lowest BCUT2D eigenvalue weighted by Gasteiger charge is -2.20. The summed E-state index contributed by atoms with van der Waals surface area (Å²) < 4.78 is 142. The molecule has 11 rings (SSSR count). The molecular weight excluding hydrogens is 617 g/mol. The van der Waals surface area contributed by atoms with Crippen molar-refractivity contribution in [3.63, 3.8) is 0 Å². The molecule has 0 aliphatic carbocycles. The summed E-state index contributed by atoms with van der Waals surface area (Å²) >= 11 is 0. The first-order chi connectivity index (χ1) is 31.5. The highest BCUT2D eigenvalue weighted by Gasteiger charge is 2.20. The van der Waals surface area contributed by atoms with E-state index in [9.17, 15) is 6.85 Å². The van der Waals surface area contributed by atoms with E-state index in [-0.39, 0.29) is 32.7 Å². The van der Waals surface area contributed by atoms with Gasteiger partial charge in [-0.2, -0.15) is 0 Å². The molecule has 0 aliphatic rings. The number of benzene rings is 10. The van der Waals surface area contributed by atoms with Crippen molar-refractivity contribution in [3.05, 3.63) is 182 Å². The van der Waals surface area contributed by atoms with E-state index in [0.717, 1.165) is 38.3 Å². The Labute approximate surface area is 315 Å². The second-order valence-corrected chi connectivity index (χ2v) is 12.4. The van der Waals surface area contributed by atoms with Gasteiger partial charge >= 0.3 is 0 Å². The summed E-state index contributed by atoms with van der Waals surface area (Å²) in [5.74, 6) is 0. The summed E-state index contributed by atoms with van der Waals surface area (Å²) in [6.07, 6.45) is 0. The van der Waals surface area contributed by atoms with Crippen LogP contribution in [-0.4, -0.2) is 0 Å². The largest absolute Gasteiger partial charge is 0.456 e. The van der Waals surface area contributed by atoms with E-state index in [0.29, 0.717) is 21.9 Å². The number of fused-ring (bicyclic) bond motifs is 9. The third-order valence-electron chi connectivity index (χ3n) is 9.80. The Morgan fingerprint density at radius 3 is 1.69 bits per heavy atom. The third-order valence-corrected chi connectivity index (χ3v) is 9.80. The van der Waals surface area contributed by atoms with E-state index >= 15 is 0 Å². The fourth-order valence-electron chi connectivity index (χ4n) is 7.63. The molecule has 0 amide bonds. The van der Waals surface area contributed by atoms with Gasteiger partial charge in [0.25, 0.3) is 0 Å². The molecule has 0 N–H and O–H groups in total. The zero-order valence-electron chi connectivity index (χ0n) is 41.6. The molecular formula is C50H30O. The van der Waals surface area contributed by atoms with E-state index < -0.39 is 107 Å². The van der Waals surface area contributed by atoms with Crippen molar-refractivity contribution in [3.8, 4) is 33.4 Å². The highest BCUT2D eigenvalue weighted by molar-refractivity contribution is 6.26. The maximum atomic E-state index is 9.53. The van der Waals surface area contributed by atoms with Crippen molar-refractivity contribution in [2.75, 3.05) is 0 Å². The van der Waals surface area contributed by atoms with Crippen molar-refractivity contribution >= 4 is 75.8 Å². The van der Waals surface area contributed by atoms with E-state index in [2.05, 4.69) is 6.07 Å². The smallest absolute Gasteiger partial charge is 0.136 e. The van der Waals surface area contributed by atoms with Gasteiger partial charge in [-0.25, -0.2) is 0 Å². The maximum Gasteiger partial charge on any atom is 0.136 e. The van der Waals surface area contributed by atoms with Gasteiger partial charge in [-0.1, -0.05) is 163 Å². The second kappa shape index (κ2) is 10.9. The quantitative estimate of drug-likeness (QED) is 0.172. The lowest BCUT2D eigenvalue weighted by atomic mass is 9.83. The third kappa shape index (κ3) is 4.16. The predicted octanol–water partition coefficient (Wildman–Crippen LogP) is 14.4. The zero-order valence-corrected chi connectivity index (χ0v) is 26.6. The van der Waals surface area contributed by atoms with E-state index in [1.807, 2.05) is 72.8 Å². The molecule has 0 spiro atoms. The van der Waals surface area contributed by atoms with E-state index in [1.54, 1.807) is 12.1 Å². The highest BCUT2D eigenvalue weighted by Crippen LogP contribution is 2.48. The molecule has 10 aromatic carbocycles. The zero-order chi connectivity index (χ0) is 46.5. The molecule has 0 aliphatic heterocycles. The SMILES string of the molecule is [2H]c1c([2H])c([2H])c2c(-c3c4c([2H])c([2H])c([2H])c([2H])c4c(-c4ccc(-c5ccc6c(c5)oc5ccc7ccccc7c56)c5ccccc45)c4c([2H])c([2H])c([2H])c([2H])c34)c([2H])c([2H])c([2H])c2c1[2H]. The standard InChI is InChI=1S/C50H30O/c1-3-15-34-31(12-1)14-11-23-39(34)48-40-19-7-9-21-42(40)49(43-22-10-8-20-41(43)48)44-28-27-35(37-17-5-6-18-38(37)44)33-24-26-45-47(30-33)51-46-29-25-32-13-2-4-16-36(32)50(45)46/h1-30H/i1D,3D,7D,8D,9D,10D,11D,12D,14D,15D,19D,20D,21D,22D,23D. The van der Waals surface area contributed by atoms with Crippen molar-refractivity contribution in [2.45, 2.75) is 0 Å². The first-order valence-electron chi connectivity index (χ1n) is 23.9. The highest BCUT2D eigenvalue weighted by atomic mass is 16.3. The molecule has 0 radical (unpaired) electrons. The van der Waals surface area contributed by atoms with Gasteiger partial charge in [0.05, 0.1) is 20.6 Å². The van der Waals surface area contributed by atoms with Crippen LogP contribution in [0.1, 0.15) is 20.6 Å². The average molecular weight is 662 g/mol. The molecule has 1 heterocycles. The van der Waals surface area contributed by atoms with E-state index in [4.69, 9.17) is 18.1 Å². The number of hydrogen-bond acceptors (Lipinski definition) is 1. The van der Waals surface area contributed by atoms with Crippen LogP contribution < -0.4 is 0 Å². The fraction of sp³-hybridized carbons (Fsp3) is 0. The Morgan fingerprint density at radius 2 is 0.941 bits per heavy atom. The van der Waals surface area contributed by atoms with Gasteiger partial charge in [-0.3, -0.25) is 0 Å². The molecule has 0 saturated carbocycles. The summed E-state index contributed by atoms with van der Waals surface area (Å²) in [6.45, 7) is 0. The normalized spacial score (nSPS) is 16.0. The molecule has 0 bridgehead atoms. The van der Waals surface area contributed by atoms with E-state index in [1.165, 1.54) is 0 Å². The van der Waals surface area contributed by atoms with Crippen molar-refractivity contribution in [1.29, 1.82) is 0 Å². The fourth-order valence-corrected chi connectivity index (χ4v) is 7.63. The van der Waals surface area contributed by atoms with Crippen molar-refractivity contribution < 1.29 is 25.0 Å². The lowest BCUT2D eigenvalue weighted by Crippen LogP contribution is -1.93. The Balaban J connectivity index is 1.31. The van der Waals surface area contributed by atoms with Crippen LogP contribution >= 0.6 is 0 Å². The summed E-state index contributed by atoms with van der Waals surface area (Å²) in [7, 11) is 0. The predicted molar refractivity (Wildman–Crippen MR) is 218 cm³/mol. The monoisotopic (exact) mass is 661 g/mol.